The highest BCUT2D eigenvalue weighted by Gasteiger charge is 2.37. The number of likely N-dealkylation sites (tertiary alicyclic amines) is 1. The predicted molar refractivity (Wildman–Crippen MR) is 174 cm³/mol. The number of hydrogen-bond acceptors (Lipinski definition) is 9. The topological polar surface area (TPSA) is 167 Å². The number of pyridine rings is 1. The molecule has 1 fully saturated rings. The van der Waals surface area contributed by atoms with Gasteiger partial charge in [-0.3, -0.25) is 24.2 Å². The van der Waals surface area contributed by atoms with Gasteiger partial charge in [0.25, 0.3) is 11.8 Å². The van der Waals surface area contributed by atoms with E-state index >= 15 is 0 Å². The van der Waals surface area contributed by atoms with E-state index in [4.69, 9.17) is 9.84 Å². The zero-order chi connectivity index (χ0) is 34.8. The molecule has 0 spiro atoms. The average molecular weight is 670 g/mol. The number of hydrogen-bond donors (Lipinski definition) is 5. The summed E-state index contributed by atoms with van der Waals surface area (Å²) < 4.78 is 28.8. The van der Waals surface area contributed by atoms with Crippen molar-refractivity contribution < 1.29 is 42.6 Å². The molecule has 15 heteroatoms. The summed E-state index contributed by atoms with van der Waals surface area (Å²) in [6.45, 7) is 7.06. The van der Waals surface area contributed by atoms with Crippen LogP contribution in [0.5, 0.6) is 0 Å². The van der Waals surface area contributed by atoms with Crippen molar-refractivity contribution in [1.29, 1.82) is 0 Å². The van der Waals surface area contributed by atoms with Gasteiger partial charge in [-0.05, 0) is 59.3 Å². The molecule has 2 atom stereocenters. The van der Waals surface area contributed by atoms with Gasteiger partial charge < -0.3 is 35.5 Å². The van der Waals surface area contributed by atoms with Crippen LogP contribution in [0, 0.1) is 0 Å². The maximum Gasteiger partial charge on any atom is 0.319 e. The fourth-order valence-electron chi connectivity index (χ4n) is 3.98. The lowest BCUT2D eigenvalue weighted by Gasteiger charge is -2.19. The summed E-state index contributed by atoms with van der Waals surface area (Å²) >= 11 is 4.06. The van der Waals surface area contributed by atoms with Crippen molar-refractivity contribution in [3.63, 3.8) is 0 Å². The number of aldehydes is 1. The lowest BCUT2D eigenvalue weighted by Crippen LogP contribution is -2.31. The van der Waals surface area contributed by atoms with Crippen molar-refractivity contribution >= 4 is 59.7 Å². The van der Waals surface area contributed by atoms with Crippen LogP contribution in [0.25, 0.3) is 10.9 Å². The number of aliphatic carboxylic acids is 1. The zero-order valence-electron chi connectivity index (χ0n) is 26.7. The van der Waals surface area contributed by atoms with Crippen molar-refractivity contribution in [2.24, 2.45) is 0 Å². The number of ether oxygens (including phenoxy) is 1. The van der Waals surface area contributed by atoms with Gasteiger partial charge in [-0.2, -0.15) is 12.6 Å². The fourth-order valence-corrected chi connectivity index (χ4v) is 4.07. The normalized spacial score (nSPS) is 15.2. The van der Waals surface area contributed by atoms with E-state index in [1.54, 1.807) is 31.2 Å². The van der Waals surface area contributed by atoms with E-state index in [1.165, 1.54) is 6.20 Å². The summed E-state index contributed by atoms with van der Waals surface area (Å²) in [6, 6.07) is 6.90. The van der Waals surface area contributed by atoms with E-state index in [9.17, 15) is 32.8 Å². The minimum atomic E-state index is -2.64. The van der Waals surface area contributed by atoms with Crippen LogP contribution in [0.4, 0.5) is 14.5 Å². The van der Waals surface area contributed by atoms with E-state index in [2.05, 4.69) is 33.6 Å². The maximum absolute atomic E-state index is 12.2. The van der Waals surface area contributed by atoms with E-state index in [1.807, 2.05) is 20.9 Å². The third kappa shape index (κ3) is 14.6. The Morgan fingerprint density at radius 2 is 1.98 bits per heavy atom. The van der Waals surface area contributed by atoms with Crippen molar-refractivity contribution in [1.82, 2.24) is 20.5 Å². The van der Waals surface area contributed by atoms with E-state index < -0.39 is 23.2 Å². The average Bonchev–Trinajstić information content (AvgIpc) is 3.38. The van der Waals surface area contributed by atoms with Crippen LogP contribution in [0.15, 0.2) is 30.5 Å². The van der Waals surface area contributed by atoms with Gasteiger partial charge in [0.1, 0.15) is 11.0 Å². The number of nitrogens with one attached hydrogen (secondary N) is 3. The molecule has 1 saturated heterocycles. The SMILES string of the molecule is CCNC(=O)c1ccnc2c(NC(=O)CCC=O)cccc12.CNCCC(C)OCCC(C)(S)C(=O)O.O=CN1CCC(F)(F)C1. The van der Waals surface area contributed by atoms with Crippen molar-refractivity contribution in [3.8, 4) is 0 Å². The summed E-state index contributed by atoms with van der Waals surface area (Å²) in [5.74, 6) is -3.98. The third-order valence-electron chi connectivity index (χ3n) is 6.72. The number of fused-ring (bicyclic) bond motifs is 1. The molecule has 3 rings (SSSR count). The third-order valence-corrected chi connectivity index (χ3v) is 7.13. The van der Waals surface area contributed by atoms with Crippen LogP contribution in [-0.4, -0.2) is 102 Å². The van der Waals surface area contributed by atoms with Gasteiger partial charge in [0.05, 0.1) is 29.4 Å². The van der Waals surface area contributed by atoms with Crippen LogP contribution in [0.2, 0.25) is 0 Å². The Bertz CT molecular complexity index is 1300. The molecule has 256 valence electrons. The highest BCUT2D eigenvalue weighted by Crippen LogP contribution is 2.26. The molecule has 4 N–H and O–H groups in total. The van der Waals surface area contributed by atoms with Crippen LogP contribution in [0.3, 0.4) is 0 Å². The molecule has 46 heavy (non-hydrogen) atoms. The van der Waals surface area contributed by atoms with Gasteiger partial charge >= 0.3 is 5.97 Å². The van der Waals surface area contributed by atoms with Crippen LogP contribution >= 0.6 is 12.6 Å². The van der Waals surface area contributed by atoms with Gasteiger partial charge in [-0.25, -0.2) is 8.78 Å². The predicted octanol–water partition coefficient (Wildman–Crippen LogP) is 3.55. The molecule has 2 aromatic rings. The Morgan fingerprint density at radius 1 is 1.26 bits per heavy atom. The number of aromatic nitrogens is 1. The van der Waals surface area contributed by atoms with E-state index in [-0.39, 0.29) is 43.7 Å². The molecule has 2 unspecified atom stereocenters. The molecule has 0 saturated carbocycles. The number of rotatable bonds is 15. The number of amides is 3. The minimum Gasteiger partial charge on any atom is -0.480 e. The number of para-hydroxylation sites is 1. The monoisotopic (exact) mass is 669 g/mol. The largest absolute Gasteiger partial charge is 0.480 e. The number of anilines is 1. The Kier molecular flexibility index (Phi) is 17.9. The van der Waals surface area contributed by atoms with Gasteiger partial charge in [-0.15, -0.1) is 0 Å². The van der Waals surface area contributed by atoms with Gasteiger partial charge in [0, 0.05) is 50.5 Å². The molecule has 1 aliphatic heterocycles. The highest BCUT2D eigenvalue weighted by atomic mass is 32.1. The number of nitrogens with zero attached hydrogens (tertiary/aromatic N) is 2. The molecular weight excluding hydrogens is 624 g/mol. The lowest BCUT2D eigenvalue weighted by molar-refractivity contribution is -0.140. The van der Waals surface area contributed by atoms with Crippen LogP contribution in [-0.2, 0) is 23.9 Å². The number of carbonyl (C=O) groups is 5. The minimum absolute atomic E-state index is 0.121. The van der Waals surface area contributed by atoms with Crippen LogP contribution < -0.4 is 16.0 Å². The first-order valence-electron chi connectivity index (χ1n) is 14.9. The smallest absolute Gasteiger partial charge is 0.319 e. The number of thiol groups is 1. The number of alkyl halides is 2. The molecule has 0 bridgehead atoms. The second kappa shape index (κ2) is 20.4. The van der Waals surface area contributed by atoms with Gasteiger partial charge in [0.15, 0.2) is 0 Å². The number of carboxylic acids is 1. The maximum atomic E-state index is 12.2. The summed E-state index contributed by atoms with van der Waals surface area (Å²) in [4.78, 5) is 60.1. The Labute approximate surface area is 273 Å². The zero-order valence-corrected chi connectivity index (χ0v) is 27.6. The molecular formula is C31H45F2N5O7S. The summed E-state index contributed by atoms with van der Waals surface area (Å²) in [5.41, 5.74) is 1.58. The summed E-state index contributed by atoms with van der Waals surface area (Å²) in [6.07, 6.45) is 4.29. The molecule has 1 aromatic carbocycles. The quantitative estimate of drug-likeness (QED) is 0.141. The highest BCUT2D eigenvalue weighted by molar-refractivity contribution is 7.82. The first-order chi connectivity index (χ1) is 21.7. The first kappa shape index (κ1) is 40.3. The molecule has 0 radical (unpaired) electrons. The van der Waals surface area contributed by atoms with Gasteiger partial charge in [0.2, 0.25) is 12.3 Å². The fraction of sp³-hybridized carbons (Fsp3) is 0.548. The van der Waals surface area contributed by atoms with Crippen molar-refractivity contribution in [2.45, 2.75) is 69.6 Å². The number of halogens is 2. The second-order valence-electron chi connectivity index (χ2n) is 10.8. The Morgan fingerprint density at radius 3 is 2.52 bits per heavy atom. The first-order valence-corrected chi connectivity index (χ1v) is 15.3. The van der Waals surface area contributed by atoms with Crippen LogP contribution in [0.1, 0.15) is 63.2 Å². The Balaban J connectivity index is 0.000000380. The number of carboxylic acid groups (broad SMARTS) is 1. The summed E-state index contributed by atoms with van der Waals surface area (Å²) in [7, 11) is 1.89. The lowest BCUT2D eigenvalue weighted by atomic mass is 10.1. The molecule has 3 amide bonds. The Hall–Kier alpha value is -3.69. The molecule has 12 nitrogen and oxygen atoms in total. The number of carbonyl (C=O) groups excluding carboxylic acids is 4. The van der Waals surface area contributed by atoms with E-state index in [0.29, 0.717) is 54.4 Å². The van der Waals surface area contributed by atoms with Crippen molar-refractivity contribution in [2.75, 3.05) is 45.2 Å². The molecule has 2 heterocycles. The molecule has 0 aliphatic carbocycles. The van der Waals surface area contributed by atoms with E-state index in [0.717, 1.165) is 17.9 Å². The standard InChI is InChI=1S/C16H17N3O3.C10H21NO3S.C5H7F2NO/c1-2-17-16(22)12-8-9-18-15-11(12)5-3-6-13(15)19-14(21)7-4-10-20;1-8(4-6-11-3)14-7-5-10(2,15)9(12)13;6-5(7)1-2-8(3-5)4-9/h3,5-6,8-10H,2,4,7H2,1H3,(H,17,22)(H,19,21);8,11,15H,4-7H2,1-3H3,(H,12,13);4H,1-3H2. The summed E-state index contributed by atoms with van der Waals surface area (Å²) in [5, 5.41) is 18.0. The second-order valence-corrected chi connectivity index (χ2v) is 11.7. The number of benzene rings is 1. The van der Waals surface area contributed by atoms with Gasteiger partial charge in [-0.1, -0.05) is 12.1 Å². The molecule has 1 aliphatic rings. The molecule has 1 aromatic heterocycles. The van der Waals surface area contributed by atoms with Crippen molar-refractivity contribution in [3.05, 3.63) is 36.0 Å².